The molecule has 2 amide bonds. The van der Waals surface area contributed by atoms with Gasteiger partial charge in [0.15, 0.2) is 0 Å². The highest BCUT2D eigenvalue weighted by Crippen LogP contribution is 2.08. The van der Waals surface area contributed by atoms with E-state index in [0.29, 0.717) is 13.1 Å². The highest BCUT2D eigenvalue weighted by atomic mass is 16.5. The minimum atomic E-state index is -0.125. The summed E-state index contributed by atoms with van der Waals surface area (Å²) in [5.41, 5.74) is 0. The summed E-state index contributed by atoms with van der Waals surface area (Å²) in [6, 6.07) is -0.125. The molecule has 0 spiro atoms. The second-order valence-corrected chi connectivity index (χ2v) is 4.15. The number of hydrogen-bond donors (Lipinski definition) is 2. The number of carbonyl (C=O) groups is 1. The van der Waals surface area contributed by atoms with Crippen LogP contribution in [0.1, 0.15) is 12.8 Å². The topological polar surface area (TPSA) is 53.6 Å². The minimum Gasteiger partial charge on any atom is -0.497 e. The van der Waals surface area contributed by atoms with Crippen LogP contribution < -0.4 is 10.6 Å². The molecule has 0 saturated heterocycles. The van der Waals surface area contributed by atoms with Crippen molar-refractivity contribution in [1.29, 1.82) is 0 Å². The third kappa shape index (κ3) is 5.60. The quantitative estimate of drug-likeness (QED) is 0.721. The number of likely N-dealkylation sites (N-methyl/N-ethyl adjacent to an activating group) is 1. The Hall–Kier alpha value is -1.23. The third-order valence-electron chi connectivity index (χ3n) is 2.36. The lowest BCUT2D eigenvalue weighted by Gasteiger charge is -2.20. The number of nitrogens with one attached hydrogen (secondary N) is 2. The Morgan fingerprint density at radius 1 is 1.50 bits per heavy atom. The van der Waals surface area contributed by atoms with Gasteiger partial charge in [0.25, 0.3) is 0 Å². The van der Waals surface area contributed by atoms with Crippen LogP contribution in [-0.2, 0) is 4.74 Å². The van der Waals surface area contributed by atoms with Crippen LogP contribution in [0.5, 0.6) is 0 Å². The predicted octanol–water partition coefficient (Wildman–Crippen LogP) is 0.540. The molecule has 1 unspecified atom stereocenters. The van der Waals surface area contributed by atoms with E-state index in [1.807, 2.05) is 25.1 Å². The Morgan fingerprint density at radius 3 is 2.94 bits per heavy atom. The Balaban J connectivity index is 2.03. The molecule has 0 aliphatic carbocycles. The molecule has 0 aromatic carbocycles. The maximum absolute atomic E-state index is 11.4. The lowest BCUT2D eigenvalue weighted by atomic mass is 10.1. The Morgan fingerprint density at radius 2 is 2.31 bits per heavy atom. The van der Waals surface area contributed by atoms with E-state index in [9.17, 15) is 4.79 Å². The number of nitrogens with zero attached hydrogens (tertiary/aromatic N) is 1. The highest BCUT2D eigenvalue weighted by molar-refractivity contribution is 5.73. The molecule has 0 aromatic rings. The predicted molar refractivity (Wildman–Crippen MR) is 63.2 cm³/mol. The van der Waals surface area contributed by atoms with Crippen LogP contribution in [0, 0.1) is 0 Å². The summed E-state index contributed by atoms with van der Waals surface area (Å²) in [5, 5.41) is 5.59. The molecule has 0 bridgehead atoms. The van der Waals surface area contributed by atoms with Crippen molar-refractivity contribution in [1.82, 2.24) is 15.5 Å². The average molecular weight is 227 g/mol. The fourth-order valence-corrected chi connectivity index (χ4v) is 1.40. The van der Waals surface area contributed by atoms with E-state index in [1.54, 1.807) is 6.26 Å². The second-order valence-electron chi connectivity index (χ2n) is 4.15. The molecule has 0 fully saturated rings. The summed E-state index contributed by atoms with van der Waals surface area (Å²) in [7, 11) is 3.95. The SMILES string of the molecule is CN(C)CCNC(=O)NCC1CCC=CO1. The number of urea groups is 1. The molecular formula is C11H21N3O2. The molecule has 1 atom stereocenters. The van der Waals surface area contributed by atoms with Gasteiger partial charge in [-0.15, -0.1) is 0 Å². The smallest absolute Gasteiger partial charge is 0.314 e. The van der Waals surface area contributed by atoms with Gasteiger partial charge < -0.3 is 20.3 Å². The van der Waals surface area contributed by atoms with Gasteiger partial charge in [0.05, 0.1) is 12.8 Å². The van der Waals surface area contributed by atoms with Crippen LogP contribution in [0.2, 0.25) is 0 Å². The average Bonchev–Trinajstić information content (AvgIpc) is 2.27. The van der Waals surface area contributed by atoms with Gasteiger partial charge in [-0.3, -0.25) is 0 Å². The summed E-state index contributed by atoms with van der Waals surface area (Å²) < 4.78 is 5.34. The molecule has 5 nitrogen and oxygen atoms in total. The van der Waals surface area contributed by atoms with Crippen molar-refractivity contribution in [2.45, 2.75) is 18.9 Å². The van der Waals surface area contributed by atoms with Gasteiger partial charge in [-0.25, -0.2) is 4.79 Å². The van der Waals surface area contributed by atoms with Crippen molar-refractivity contribution in [2.24, 2.45) is 0 Å². The number of rotatable bonds is 5. The maximum Gasteiger partial charge on any atom is 0.314 e. The van der Waals surface area contributed by atoms with E-state index in [-0.39, 0.29) is 12.1 Å². The number of allylic oxidation sites excluding steroid dienone is 1. The molecule has 0 saturated carbocycles. The number of carbonyl (C=O) groups excluding carboxylic acids is 1. The molecule has 1 heterocycles. The van der Waals surface area contributed by atoms with Crippen molar-refractivity contribution in [3.05, 3.63) is 12.3 Å². The van der Waals surface area contributed by atoms with Crippen molar-refractivity contribution in [2.75, 3.05) is 33.7 Å². The molecule has 1 aliphatic rings. The van der Waals surface area contributed by atoms with Crippen molar-refractivity contribution in [3.8, 4) is 0 Å². The Kier molecular flexibility index (Phi) is 5.71. The van der Waals surface area contributed by atoms with Gasteiger partial charge in [-0.1, -0.05) is 0 Å². The van der Waals surface area contributed by atoms with Crippen LogP contribution in [0.4, 0.5) is 4.79 Å². The zero-order chi connectivity index (χ0) is 11.8. The standard InChI is InChI=1S/C11H21N3O2/c1-14(2)7-6-12-11(15)13-9-10-5-3-4-8-16-10/h4,8,10H,3,5-7,9H2,1-2H3,(H2,12,13,15). The van der Waals surface area contributed by atoms with Gasteiger partial charge in [-0.2, -0.15) is 0 Å². The fourth-order valence-electron chi connectivity index (χ4n) is 1.40. The Bertz CT molecular complexity index is 241. The van der Waals surface area contributed by atoms with E-state index in [4.69, 9.17) is 4.74 Å². The first kappa shape index (κ1) is 12.8. The van der Waals surface area contributed by atoms with Crippen LogP contribution in [0.3, 0.4) is 0 Å². The van der Waals surface area contributed by atoms with Crippen molar-refractivity contribution >= 4 is 6.03 Å². The first-order valence-corrected chi connectivity index (χ1v) is 5.65. The summed E-state index contributed by atoms with van der Waals surface area (Å²) in [6.07, 6.45) is 5.81. The molecule has 0 radical (unpaired) electrons. The first-order valence-electron chi connectivity index (χ1n) is 5.65. The van der Waals surface area contributed by atoms with Gasteiger partial charge >= 0.3 is 6.03 Å². The fraction of sp³-hybridized carbons (Fsp3) is 0.727. The van der Waals surface area contributed by atoms with Crippen LogP contribution in [0.25, 0.3) is 0 Å². The van der Waals surface area contributed by atoms with E-state index < -0.39 is 0 Å². The van der Waals surface area contributed by atoms with Crippen LogP contribution in [-0.4, -0.2) is 50.8 Å². The number of hydrogen-bond acceptors (Lipinski definition) is 3. The molecule has 1 rings (SSSR count). The minimum absolute atomic E-state index is 0.115. The van der Waals surface area contributed by atoms with Gasteiger partial charge in [-0.05, 0) is 33.0 Å². The lowest BCUT2D eigenvalue weighted by molar-refractivity contribution is 0.123. The summed E-state index contributed by atoms with van der Waals surface area (Å²) in [6.45, 7) is 2.07. The summed E-state index contributed by atoms with van der Waals surface area (Å²) in [4.78, 5) is 13.4. The maximum atomic E-state index is 11.4. The van der Waals surface area contributed by atoms with E-state index in [2.05, 4.69) is 10.6 Å². The third-order valence-corrected chi connectivity index (χ3v) is 2.36. The van der Waals surface area contributed by atoms with E-state index in [1.165, 1.54) is 0 Å². The zero-order valence-corrected chi connectivity index (χ0v) is 10.0. The molecule has 16 heavy (non-hydrogen) atoms. The molecule has 2 N–H and O–H groups in total. The zero-order valence-electron chi connectivity index (χ0n) is 10.0. The largest absolute Gasteiger partial charge is 0.497 e. The number of amides is 2. The van der Waals surface area contributed by atoms with E-state index >= 15 is 0 Å². The van der Waals surface area contributed by atoms with Crippen molar-refractivity contribution in [3.63, 3.8) is 0 Å². The van der Waals surface area contributed by atoms with Gasteiger partial charge in [0.2, 0.25) is 0 Å². The monoisotopic (exact) mass is 227 g/mol. The Labute approximate surface area is 96.8 Å². The molecular weight excluding hydrogens is 206 g/mol. The van der Waals surface area contributed by atoms with Gasteiger partial charge in [0, 0.05) is 13.1 Å². The second kappa shape index (κ2) is 7.11. The summed E-state index contributed by atoms with van der Waals surface area (Å²) >= 11 is 0. The molecule has 92 valence electrons. The number of ether oxygens (including phenoxy) is 1. The molecule has 5 heteroatoms. The van der Waals surface area contributed by atoms with Crippen LogP contribution >= 0.6 is 0 Å². The molecule has 0 aromatic heterocycles. The van der Waals surface area contributed by atoms with Gasteiger partial charge in [0.1, 0.15) is 6.10 Å². The van der Waals surface area contributed by atoms with Crippen LogP contribution in [0.15, 0.2) is 12.3 Å². The first-order chi connectivity index (χ1) is 7.68. The lowest BCUT2D eigenvalue weighted by Crippen LogP contribution is -2.42. The van der Waals surface area contributed by atoms with E-state index in [0.717, 1.165) is 19.4 Å². The van der Waals surface area contributed by atoms with Crippen molar-refractivity contribution < 1.29 is 9.53 Å². The summed E-state index contributed by atoms with van der Waals surface area (Å²) in [5.74, 6) is 0. The highest BCUT2D eigenvalue weighted by Gasteiger charge is 2.11. The normalized spacial score (nSPS) is 19.3. The molecule has 1 aliphatic heterocycles.